The third-order valence-electron chi connectivity index (χ3n) is 4.05. The minimum Gasteiger partial charge on any atom is -0.356 e. The number of fused-ring (bicyclic) bond motifs is 1. The van der Waals surface area contributed by atoms with E-state index in [2.05, 4.69) is 5.32 Å². The van der Waals surface area contributed by atoms with E-state index >= 15 is 0 Å². The van der Waals surface area contributed by atoms with Gasteiger partial charge in [0.05, 0.1) is 12.5 Å². The number of nitrogens with zero attached hydrogens (tertiary/aromatic N) is 1. The van der Waals surface area contributed by atoms with Gasteiger partial charge in [-0.05, 0) is 29.5 Å². The van der Waals surface area contributed by atoms with E-state index in [9.17, 15) is 9.59 Å². The first-order valence-electron chi connectivity index (χ1n) is 7.89. The van der Waals surface area contributed by atoms with Crippen LogP contribution < -0.4 is 5.32 Å². The summed E-state index contributed by atoms with van der Waals surface area (Å²) in [6, 6.07) is 11.4. The summed E-state index contributed by atoms with van der Waals surface area (Å²) in [4.78, 5) is 27.8. The third kappa shape index (κ3) is 3.29. The molecule has 3 rings (SSSR count). The molecule has 120 valence electrons. The molecule has 4 nitrogen and oxygen atoms in total. The summed E-state index contributed by atoms with van der Waals surface area (Å²) < 4.78 is 0. The fourth-order valence-corrected chi connectivity index (χ4v) is 3.73. The summed E-state index contributed by atoms with van der Waals surface area (Å²) in [5.74, 6) is 0.0105. The Hall–Kier alpha value is -2.14. The van der Waals surface area contributed by atoms with Crippen molar-refractivity contribution in [2.24, 2.45) is 0 Å². The fourth-order valence-electron chi connectivity index (χ4n) is 2.89. The normalized spacial score (nSPS) is 14.7. The molecule has 0 fully saturated rings. The first kappa shape index (κ1) is 15.7. The Bertz CT molecular complexity index is 697. The number of hydrogen-bond donors (Lipinski definition) is 1. The zero-order valence-corrected chi connectivity index (χ0v) is 13.9. The monoisotopic (exact) mass is 328 g/mol. The lowest BCUT2D eigenvalue weighted by molar-refractivity contribution is -0.122. The zero-order valence-electron chi connectivity index (χ0n) is 13.1. The first-order valence-corrected chi connectivity index (χ1v) is 8.77. The van der Waals surface area contributed by atoms with E-state index in [0.717, 1.165) is 22.4 Å². The molecule has 1 aromatic carbocycles. The summed E-state index contributed by atoms with van der Waals surface area (Å²) in [5.41, 5.74) is 1.79. The maximum atomic E-state index is 12.7. The van der Waals surface area contributed by atoms with Crippen molar-refractivity contribution in [2.75, 3.05) is 6.54 Å². The van der Waals surface area contributed by atoms with Gasteiger partial charge in [-0.3, -0.25) is 9.59 Å². The van der Waals surface area contributed by atoms with Crippen LogP contribution in [0.25, 0.3) is 0 Å². The third-order valence-corrected chi connectivity index (χ3v) is 5.02. The SMILES string of the molecule is CCCNC(=O)CC(c1cccs1)N1Cc2ccccc2C1=O. The van der Waals surface area contributed by atoms with Gasteiger partial charge >= 0.3 is 0 Å². The molecule has 1 N–H and O–H groups in total. The smallest absolute Gasteiger partial charge is 0.255 e. The van der Waals surface area contributed by atoms with Crippen LogP contribution in [0.5, 0.6) is 0 Å². The molecule has 5 heteroatoms. The van der Waals surface area contributed by atoms with Gasteiger partial charge in [0.1, 0.15) is 0 Å². The average Bonchev–Trinajstić information content (AvgIpc) is 3.20. The summed E-state index contributed by atoms with van der Waals surface area (Å²) in [7, 11) is 0. The van der Waals surface area contributed by atoms with E-state index < -0.39 is 0 Å². The highest BCUT2D eigenvalue weighted by Crippen LogP contribution is 2.35. The van der Waals surface area contributed by atoms with E-state index in [1.54, 1.807) is 11.3 Å². The summed E-state index contributed by atoms with van der Waals surface area (Å²) >= 11 is 1.59. The molecular weight excluding hydrogens is 308 g/mol. The molecule has 1 unspecified atom stereocenters. The van der Waals surface area contributed by atoms with E-state index in [1.807, 2.05) is 53.6 Å². The fraction of sp³-hybridized carbons (Fsp3) is 0.333. The van der Waals surface area contributed by atoms with Crippen molar-refractivity contribution in [3.05, 3.63) is 57.8 Å². The van der Waals surface area contributed by atoms with Crippen molar-refractivity contribution in [3.63, 3.8) is 0 Å². The van der Waals surface area contributed by atoms with Crippen LogP contribution in [0.3, 0.4) is 0 Å². The number of carbonyl (C=O) groups excluding carboxylic acids is 2. The lowest BCUT2D eigenvalue weighted by Gasteiger charge is -2.26. The second-order valence-corrected chi connectivity index (χ2v) is 6.65. The van der Waals surface area contributed by atoms with Crippen LogP contribution >= 0.6 is 11.3 Å². The second-order valence-electron chi connectivity index (χ2n) is 5.68. The van der Waals surface area contributed by atoms with Crippen LogP contribution in [0.2, 0.25) is 0 Å². The molecular formula is C18H20N2O2S. The van der Waals surface area contributed by atoms with Crippen molar-refractivity contribution in [1.29, 1.82) is 0 Å². The molecule has 2 aromatic rings. The molecule has 2 amide bonds. The average molecular weight is 328 g/mol. The highest BCUT2D eigenvalue weighted by Gasteiger charge is 2.34. The van der Waals surface area contributed by atoms with Crippen molar-refractivity contribution < 1.29 is 9.59 Å². The predicted octanol–water partition coefficient (Wildman–Crippen LogP) is 3.36. The Labute approximate surface area is 140 Å². The van der Waals surface area contributed by atoms with Gasteiger partial charge in [0, 0.05) is 23.5 Å². The van der Waals surface area contributed by atoms with Crippen LogP contribution in [0.15, 0.2) is 41.8 Å². The maximum Gasteiger partial charge on any atom is 0.255 e. The van der Waals surface area contributed by atoms with Crippen LogP contribution in [0.4, 0.5) is 0 Å². The lowest BCUT2D eigenvalue weighted by atomic mass is 10.1. The van der Waals surface area contributed by atoms with Gasteiger partial charge in [-0.2, -0.15) is 0 Å². The Morgan fingerprint density at radius 3 is 2.83 bits per heavy atom. The van der Waals surface area contributed by atoms with Crippen molar-refractivity contribution >= 4 is 23.2 Å². The number of thiophene rings is 1. The highest BCUT2D eigenvalue weighted by atomic mass is 32.1. The molecule has 0 bridgehead atoms. The number of rotatable bonds is 6. The van der Waals surface area contributed by atoms with E-state index in [1.165, 1.54) is 0 Å². The Morgan fingerprint density at radius 1 is 1.30 bits per heavy atom. The van der Waals surface area contributed by atoms with Crippen LogP contribution in [-0.4, -0.2) is 23.3 Å². The van der Waals surface area contributed by atoms with Gasteiger partial charge in [0.2, 0.25) is 5.91 Å². The van der Waals surface area contributed by atoms with Gasteiger partial charge in [-0.15, -0.1) is 11.3 Å². The van der Waals surface area contributed by atoms with E-state index in [-0.39, 0.29) is 17.9 Å². The van der Waals surface area contributed by atoms with Crippen LogP contribution in [0, 0.1) is 0 Å². The minimum atomic E-state index is -0.202. The number of carbonyl (C=O) groups is 2. The molecule has 1 aromatic heterocycles. The zero-order chi connectivity index (χ0) is 16.2. The van der Waals surface area contributed by atoms with Crippen LogP contribution in [-0.2, 0) is 11.3 Å². The number of benzene rings is 1. The molecule has 0 spiro atoms. The van der Waals surface area contributed by atoms with Crippen molar-refractivity contribution in [2.45, 2.75) is 32.4 Å². The largest absolute Gasteiger partial charge is 0.356 e. The Kier molecular flexibility index (Phi) is 4.76. The topological polar surface area (TPSA) is 49.4 Å². The molecule has 23 heavy (non-hydrogen) atoms. The van der Waals surface area contributed by atoms with E-state index in [0.29, 0.717) is 19.5 Å². The van der Waals surface area contributed by atoms with Crippen LogP contribution in [0.1, 0.15) is 46.6 Å². The number of amides is 2. The van der Waals surface area contributed by atoms with E-state index in [4.69, 9.17) is 0 Å². The Morgan fingerprint density at radius 2 is 2.13 bits per heavy atom. The van der Waals surface area contributed by atoms with Gasteiger partial charge in [0.15, 0.2) is 0 Å². The van der Waals surface area contributed by atoms with Gasteiger partial charge in [0.25, 0.3) is 5.91 Å². The van der Waals surface area contributed by atoms with Gasteiger partial charge in [-0.1, -0.05) is 31.2 Å². The summed E-state index contributed by atoms with van der Waals surface area (Å²) in [6.07, 6.45) is 1.21. The molecule has 1 atom stereocenters. The molecule has 0 saturated carbocycles. The van der Waals surface area contributed by atoms with Crippen molar-refractivity contribution in [3.8, 4) is 0 Å². The molecule has 0 saturated heterocycles. The predicted molar refractivity (Wildman–Crippen MR) is 91.3 cm³/mol. The lowest BCUT2D eigenvalue weighted by Crippen LogP contribution is -2.34. The first-order chi connectivity index (χ1) is 11.2. The second kappa shape index (κ2) is 6.96. The Balaban J connectivity index is 1.83. The maximum absolute atomic E-state index is 12.7. The molecule has 0 aliphatic carbocycles. The standard InChI is InChI=1S/C18H20N2O2S/c1-2-9-19-17(21)11-15(16-8-5-10-23-16)20-12-13-6-3-4-7-14(13)18(20)22/h3-8,10,15H,2,9,11-12H2,1H3,(H,19,21). The van der Waals surface area contributed by atoms with Crippen molar-refractivity contribution in [1.82, 2.24) is 10.2 Å². The molecule has 2 heterocycles. The number of hydrogen-bond acceptors (Lipinski definition) is 3. The quantitative estimate of drug-likeness (QED) is 0.884. The number of nitrogens with one attached hydrogen (secondary N) is 1. The highest BCUT2D eigenvalue weighted by molar-refractivity contribution is 7.10. The molecule has 1 aliphatic rings. The van der Waals surface area contributed by atoms with Gasteiger partial charge in [-0.25, -0.2) is 0 Å². The summed E-state index contributed by atoms with van der Waals surface area (Å²) in [6.45, 7) is 3.26. The summed E-state index contributed by atoms with van der Waals surface area (Å²) in [5, 5.41) is 4.90. The minimum absolute atomic E-state index is 0.00555. The van der Waals surface area contributed by atoms with Gasteiger partial charge < -0.3 is 10.2 Å². The molecule has 1 aliphatic heterocycles. The molecule has 0 radical (unpaired) electrons.